The van der Waals surface area contributed by atoms with Gasteiger partial charge in [-0.3, -0.25) is 9.36 Å². The van der Waals surface area contributed by atoms with Crippen LogP contribution in [0.25, 0.3) is 10.2 Å². The standard InChI is InChI=1S/C20H20N2O3S/c1-13(2)11-22-12-21-18-16(19(22)23)14(3)17(26-18)20(24)25-10-9-15-7-5-4-6-8-15/h4-8,12H,1,9-11H2,2-3H3. The number of fused-ring (bicyclic) bond motifs is 1. The van der Waals surface area contributed by atoms with Crippen molar-refractivity contribution in [2.24, 2.45) is 0 Å². The fourth-order valence-electron chi connectivity index (χ4n) is 2.73. The molecule has 2 aromatic heterocycles. The molecule has 0 bridgehead atoms. The van der Waals surface area contributed by atoms with E-state index in [0.717, 1.165) is 11.1 Å². The van der Waals surface area contributed by atoms with Crippen molar-refractivity contribution in [3.05, 3.63) is 75.2 Å². The number of carbonyl (C=O) groups excluding carboxylic acids is 1. The first-order valence-corrected chi connectivity index (χ1v) is 9.13. The molecule has 5 nitrogen and oxygen atoms in total. The molecule has 0 spiro atoms. The predicted molar refractivity (Wildman–Crippen MR) is 104 cm³/mol. The Balaban J connectivity index is 1.80. The number of hydrogen-bond acceptors (Lipinski definition) is 5. The minimum Gasteiger partial charge on any atom is -0.461 e. The van der Waals surface area contributed by atoms with Crippen LogP contribution in [-0.2, 0) is 17.7 Å². The zero-order valence-electron chi connectivity index (χ0n) is 14.8. The van der Waals surface area contributed by atoms with Crippen molar-refractivity contribution >= 4 is 27.5 Å². The van der Waals surface area contributed by atoms with E-state index in [1.807, 2.05) is 37.3 Å². The highest BCUT2D eigenvalue weighted by Gasteiger charge is 2.20. The van der Waals surface area contributed by atoms with Gasteiger partial charge >= 0.3 is 5.97 Å². The van der Waals surface area contributed by atoms with Gasteiger partial charge in [-0.2, -0.15) is 0 Å². The number of aryl methyl sites for hydroxylation is 1. The Morgan fingerprint density at radius 2 is 2.04 bits per heavy atom. The van der Waals surface area contributed by atoms with Gasteiger partial charge in [0.05, 0.1) is 18.3 Å². The first-order valence-electron chi connectivity index (χ1n) is 8.31. The minimum absolute atomic E-state index is 0.157. The summed E-state index contributed by atoms with van der Waals surface area (Å²) in [7, 11) is 0. The van der Waals surface area contributed by atoms with Crippen LogP contribution in [0.2, 0.25) is 0 Å². The average molecular weight is 368 g/mol. The zero-order valence-corrected chi connectivity index (χ0v) is 15.6. The van der Waals surface area contributed by atoms with Gasteiger partial charge in [-0.05, 0) is 25.0 Å². The summed E-state index contributed by atoms with van der Waals surface area (Å²) in [5.41, 5.74) is 2.44. The summed E-state index contributed by atoms with van der Waals surface area (Å²) in [5.74, 6) is -0.410. The first-order chi connectivity index (χ1) is 12.5. The third kappa shape index (κ3) is 3.75. The zero-order chi connectivity index (χ0) is 18.7. The van der Waals surface area contributed by atoms with Crippen molar-refractivity contribution in [1.29, 1.82) is 0 Å². The van der Waals surface area contributed by atoms with E-state index < -0.39 is 5.97 Å². The molecular weight excluding hydrogens is 348 g/mol. The smallest absolute Gasteiger partial charge is 0.348 e. The quantitative estimate of drug-likeness (QED) is 0.491. The summed E-state index contributed by atoms with van der Waals surface area (Å²) < 4.78 is 6.91. The van der Waals surface area contributed by atoms with Crippen LogP contribution in [0.15, 0.2) is 53.6 Å². The van der Waals surface area contributed by atoms with E-state index in [4.69, 9.17) is 4.74 Å². The molecular formula is C20H20N2O3S. The van der Waals surface area contributed by atoms with E-state index in [2.05, 4.69) is 11.6 Å². The van der Waals surface area contributed by atoms with Gasteiger partial charge in [0.1, 0.15) is 9.71 Å². The second kappa shape index (κ2) is 7.66. The number of benzene rings is 1. The third-order valence-electron chi connectivity index (χ3n) is 4.01. The average Bonchev–Trinajstić information content (AvgIpc) is 2.95. The van der Waals surface area contributed by atoms with Crippen LogP contribution >= 0.6 is 11.3 Å². The predicted octanol–water partition coefficient (Wildman–Crippen LogP) is 3.74. The van der Waals surface area contributed by atoms with Crippen molar-refractivity contribution in [2.75, 3.05) is 6.61 Å². The Morgan fingerprint density at radius 3 is 2.73 bits per heavy atom. The molecule has 0 aliphatic carbocycles. The van der Waals surface area contributed by atoms with Crippen molar-refractivity contribution in [2.45, 2.75) is 26.8 Å². The summed E-state index contributed by atoms with van der Waals surface area (Å²) >= 11 is 1.20. The molecule has 0 N–H and O–H groups in total. The summed E-state index contributed by atoms with van der Waals surface area (Å²) in [6.45, 7) is 8.15. The van der Waals surface area contributed by atoms with E-state index in [9.17, 15) is 9.59 Å². The summed E-state index contributed by atoms with van der Waals surface area (Å²) in [5, 5.41) is 0.480. The molecule has 0 unspecified atom stereocenters. The monoisotopic (exact) mass is 368 g/mol. The number of esters is 1. The van der Waals surface area contributed by atoms with Gasteiger partial charge in [0.2, 0.25) is 0 Å². The van der Waals surface area contributed by atoms with Gasteiger partial charge in [0.25, 0.3) is 5.56 Å². The topological polar surface area (TPSA) is 61.2 Å². The van der Waals surface area contributed by atoms with Gasteiger partial charge < -0.3 is 4.74 Å². The molecule has 0 radical (unpaired) electrons. The Labute approximate surface area is 155 Å². The summed E-state index contributed by atoms with van der Waals surface area (Å²) in [6.07, 6.45) is 2.15. The SMILES string of the molecule is C=C(C)Cn1cnc2sc(C(=O)OCCc3ccccc3)c(C)c2c1=O. The molecule has 1 aromatic carbocycles. The number of ether oxygens (including phenoxy) is 1. The van der Waals surface area contributed by atoms with Crippen LogP contribution in [0.3, 0.4) is 0 Å². The highest BCUT2D eigenvalue weighted by Crippen LogP contribution is 2.27. The van der Waals surface area contributed by atoms with E-state index in [1.54, 1.807) is 6.92 Å². The number of hydrogen-bond donors (Lipinski definition) is 0. The Bertz CT molecular complexity index is 1020. The van der Waals surface area contributed by atoms with Gasteiger partial charge in [0, 0.05) is 13.0 Å². The second-order valence-electron chi connectivity index (χ2n) is 6.24. The molecule has 2 heterocycles. The van der Waals surface area contributed by atoms with Crippen LogP contribution in [0, 0.1) is 6.92 Å². The molecule has 6 heteroatoms. The maximum atomic E-state index is 12.7. The summed E-state index contributed by atoms with van der Waals surface area (Å²) in [4.78, 5) is 30.4. The molecule has 0 aliphatic rings. The normalized spacial score (nSPS) is 10.8. The van der Waals surface area contributed by atoms with Crippen molar-refractivity contribution < 1.29 is 9.53 Å². The van der Waals surface area contributed by atoms with Gasteiger partial charge in [-0.25, -0.2) is 9.78 Å². The number of rotatable bonds is 6. The largest absolute Gasteiger partial charge is 0.461 e. The van der Waals surface area contributed by atoms with Crippen LogP contribution < -0.4 is 5.56 Å². The first kappa shape index (κ1) is 18.1. The Morgan fingerprint density at radius 1 is 1.31 bits per heavy atom. The van der Waals surface area contributed by atoms with Gasteiger partial charge in [-0.1, -0.05) is 42.5 Å². The molecule has 3 rings (SSSR count). The fraction of sp³-hybridized carbons (Fsp3) is 0.250. The van der Waals surface area contributed by atoms with Crippen LogP contribution in [0.4, 0.5) is 0 Å². The van der Waals surface area contributed by atoms with Gasteiger partial charge in [0.15, 0.2) is 0 Å². The molecule has 134 valence electrons. The fourth-order valence-corrected chi connectivity index (χ4v) is 3.76. The van der Waals surface area contributed by atoms with Crippen LogP contribution in [0.1, 0.15) is 27.7 Å². The maximum Gasteiger partial charge on any atom is 0.348 e. The maximum absolute atomic E-state index is 12.7. The molecule has 3 aromatic rings. The second-order valence-corrected chi connectivity index (χ2v) is 7.24. The van der Waals surface area contributed by atoms with Crippen molar-refractivity contribution in [1.82, 2.24) is 9.55 Å². The van der Waals surface area contributed by atoms with E-state index in [0.29, 0.717) is 40.2 Å². The summed E-state index contributed by atoms with van der Waals surface area (Å²) in [6, 6.07) is 9.84. The van der Waals surface area contributed by atoms with Crippen LogP contribution in [-0.4, -0.2) is 22.1 Å². The molecule has 0 amide bonds. The minimum atomic E-state index is -0.410. The number of allylic oxidation sites excluding steroid dienone is 1. The third-order valence-corrected chi connectivity index (χ3v) is 5.19. The lowest BCUT2D eigenvalue weighted by molar-refractivity contribution is 0.0514. The molecule has 0 atom stereocenters. The number of carbonyl (C=O) groups is 1. The lowest BCUT2D eigenvalue weighted by atomic mass is 10.2. The molecule has 26 heavy (non-hydrogen) atoms. The number of aromatic nitrogens is 2. The number of thiophene rings is 1. The van der Waals surface area contributed by atoms with E-state index in [1.165, 1.54) is 22.2 Å². The van der Waals surface area contributed by atoms with Crippen molar-refractivity contribution in [3.8, 4) is 0 Å². The number of nitrogens with zero attached hydrogens (tertiary/aromatic N) is 2. The Kier molecular flexibility index (Phi) is 5.32. The highest BCUT2D eigenvalue weighted by atomic mass is 32.1. The molecule has 0 aliphatic heterocycles. The molecule has 0 saturated heterocycles. The van der Waals surface area contributed by atoms with E-state index >= 15 is 0 Å². The Hall–Kier alpha value is -2.73. The lowest BCUT2D eigenvalue weighted by Gasteiger charge is -2.05. The van der Waals surface area contributed by atoms with Crippen molar-refractivity contribution in [3.63, 3.8) is 0 Å². The highest BCUT2D eigenvalue weighted by molar-refractivity contribution is 7.20. The molecule has 0 fully saturated rings. The van der Waals surface area contributed by atoms with E-state index in [-0.39, 0.29) is 5.56 Å². The molecule has 0 saturated carbocycles. The van der Waals surface area contributed by atoms with Crippen LogP contribution in [0.5, 0.6) is 0 Å². The lowest BCUT2D eigenvalue weighted by Crippen LogP contribution is -2.21. The van der Waals surface area contributed by atoms with Gasteiger partial charge in [-0.15, -0.1) is 11.3 Å².